The Bertz CT molecular complexity index is 972. The first kappa shape index (κ1) is 17.9. The maximum Gasteiger partial charge on any atom is 0.348 e. The second-order valence-corrected chi connectivity index (χ2v) is 7.09. The molecule has 0 saturated carbocycles. The first-order chi connectivity index (χ1) is 11.9. The van der Waals surface area contributed by atoms with Gasteiger partial charge in [-0.3, -0.25) is 0 Å². The van der Waals surface area contributed by atoms with Crippen molar-refractivity contribution in [2.24, 2.45) is 0 Å². The van der Waals surface area contributed by atoms with E-state index in [0.717, 1.165) is 10.9 Å². The molecule has 0 atom stereocenters. The van der Waals surface area contributed by atoms with Gasteiger partial charge in [-0.15, -0.1) is 11.3 Å². The summed E-state index contributed by atoms with van der Waals surface area (Å²) in [5, 5.41) is 4.84. The third-order valence-corrected chi connectivity index (χ3v) is 5.55. The first-order valence-corrected chi connectivity index (χ1v) is 9.15. The van der Waals surface area contributed by atoms with Crippen molar-refractivity contribution in [3.8, 4) is 0 Å². The topological polar surface area (TPSA) is 64.1 Å². The summed E-state index contributed by atoms with van der Waals surface area (Å²) in [7, 11) is 0. The lowest BCUT2D eigenvalue weighted by Gasteiger charge is -2.11. The third kappa shape index (κ3) is 3.42. The highest BCUT2D eigenvalue weighted by Crippen LogP contribution is 2.37. The zero-order chi connectivity index (χ0) is 18.1. The fourth-order valence-corrected chi connectivity index (χ4v) is 3.92. The number of ether oxygens (including phenoxy) is 1. The SMILES string of the molecule is CCOC(=O)c1sc2nc(C)nc(Nc3cccc(Cl)c3Cl)c2c1C. The minimum Gasteiger partial charge on any atom is -0.462 e. The standard InChI is InChI=1S/C17H15Cl2N3O2S/c1-4-24-17(23)14-8(2)12-15(20-9(3)21-16(12)25-14)22-11-7-5-6-10(18)13(11)19/h5-7H,4H2,1-3H3,(H,20,21,22). The van der Waals surface area contributed by atoms with Crippen LogP contribution in [0.4, 0.5) is 11.5 Å². The molecule has 3 rings (SSSR count). The molecular formula is C17H15Cl2N3O2S. The number of fused-ring (bicyclic) bond motifs is 1. The zero-order valence-electron chi connectivity index (χ0n) is 13.8. The Balaban J connectivity index is 2.14. The number of hydrogen-bond acceptors (Lipinski definition) is 6. The van der Waals surface area contributed by atoms with Gasteiger partial charge in [0, 0.05) is 0 Å². The number of thiophene rings is 1. The van der Waals surface area contributed by atoms with Crippen molar-refractivity contribution in [1.29, 1.82) is 0 Å². The van der Waals surface area contributed by atoms with Crippen LogP contribution in [0.25, 0.3) is 10.2 Å². The molecule has 25 heavy (non-hydrogen) atoms. The van der Waals surface area contributed by atoms with Gasteiger partial charge in [-0.05, 0) is 38.5 Å². The lowest BCUT2D eigenvalue weighted by atomic mass is 10.2. The number of nitrogens with zero attached hydrogens (tertiary/aromatic N) is 2. The third-order valence-electron chi connectivity index (χ3n) is 3.57. The van der Waals surface area contributed by atoms with E-state index in [1.54, 1.807) is 26.0 Å². The van der Waals surface area contributed by atoms with E-state index in [-0.39, 0.29) is 5.97 Å². The van der Waals surface area contributed by atoms with Gasteiger partial charge in [0.15, 0.2) is 0 Å². The van der Waals surface area contributed by atoms with Crippen LogP contribution in [0.15, 0.2) is 18.2 Å². The van der Waals surface area contributed by atoms with Crippen molar-refractivity contribution in [2.45, 2.75) is 20.8 Å². The van der Waals surface area contributed by atoms with E-state index in [9.17, 15) is 4.79 Å². The lowest BCUT2D eigenvalue weighted by molar-refractivity contribution is 0.0531. The molecule has 0 unspecified atom stereocenters. The summed E-state index contributed by atoms with van der Waals surface area (Å²) >= 11 is 13.6. The van der Waals surface area contributed by atoms with Gasteiger partial charge in [-0.2, -0.15) is 0 Å². The molecule has 0 spiro atoms. The predicted molar refractivity (Wildman–Crippen MR) is 103 cm³/mol. The summed E-state index contributed by atoms with van der Waals surface area (Å²) in [6, 6.07) is 5.32. The van der Waals surface area contributed by atoms with Gasteiger partial charge < -0.3 is 10.1 Å². The number of benzene rings is 1. The molecule has 130 valence electrons. The van der Waals surface area contributed by atoms with Crippen molar-refractivity contribution in [3.63, 3.8) is 0 Å². The van der Waals surface area contributed by atoms with E-state index in [4.69, 9.17) is 27.9 Å². The molecule has 2 aromatic heterocycles. The molecule has 0 aliphatic heterocycles. The highest BCUT2D eigenvalue weighted by Gasteiger charge is 2.21. The number of anilines is 2. The van der Waals surface area contributed by atoms with Crippen LogP contribution in [-0.4, -0.2) is 22.5 Å². The average molecular weight is 396 g/mol. The van der Waals surface area contributed by atoms with E-state index in [0.29, 0.717) is 43.7 Å². The van der Waals surface area contributed by atoms with Crippen molar-refractivity contribution in [3.05, 3.63) is 44.5 Å². The van der Waals surface area contributed by atoms with Crippen LogP contribution in [0.5, 0.6) is 0 Å². The average Bonchev–Trinajstić information content (AvgIpc) is 2.89. The number of esters is 1. The molecule has 0 fully saturated rings. The van der Waals surface area contributed by atoms with Gasteiger partial charge >= 0.3 is 5.97 Å². The number of rotatable bonds is 4. The van der Waals surface area contributed by atoms with Gasteiger partial charge in [-0.1, -0.05) is 29.3 Å². The van der Waals surface area contributed by atoms with E-state index in [1.807, 2.05) is 13.0 Å². The van der Waals surface area contributed by atoms with Gasteiger partial charge in [-0.25, -0.2) is 14.8 Å². The maximum absolute atomic E-state index is 12.2. The Morgan fingerprint density at radius 1 is 1.28 bits per heavy atom. The molecule has 8 heteroatoms. The fourth-order valence-electron chi connectivity index (χ4n) is 2.46. The highest BCUT2D eigenvalue weighted by atomic mass is 35.5. The molecule has 5 nitrogen and oxygen atoms in total. The molecule has 1 aromatic carbocycles. The second-order valence-electron chi connectivity index (χ2n) is 5.30. The molecule has 2 heterocycles. The summed E-state index contributed by atoms with van der Waals surface area (Å²) in [6.07, 6.45) is 0. The normalized spacial score (nSPS) is 10.9. The van der Waals surface area contributed by atoms with E-state index < -0.39 is 0 Å². The van der Waals surface area contributed by atoms with Gasteiger partial charge in [0.1, 0.15) is 21.3 Å². The summed E-state index contributed by atoms with van der Waals surface area (Å²) in [4.78, 5) is 22.3. The van der Waals surface area contributed by atoms with Crippen LogP contribution in [0, 0.1) is 13.8 Å². The molecule has 3 aromatic rings. The molecule has 0 amide bonds. The summed E-state index contributed by atoms with van der Waals surface area (Å²) in [6.45, 7) is 5.75. The predicted octanol–water partition coefficient (Wildman–Crippen LogP) is 5.54. The minimum absolute atomic E-state index is 0.320. The van der Waals surface area contributed by atoms with Gasteiger partial charge in [0.05, 0.1) is 27.7 Å². The van der Waals surface area contributed by atoms with Crippen molar-refractivity contribution in [2.75, 3.05) is 11.9 Å². The van der Waals surface area contributed by atoms with Gasteiger partial charge in [0.2, 0.25) is 0 Å². The van der Waals surface area contributed by atoms with Crippen LogP contribution in [0.2, 0.25) is 10.0 Å². The summed E-state index contributed by atoms with van der Waals surface area (Å²) in [5.74, 6) is 0.813. The summed E-state index contributed by atoms with van der Waals surface area (Å²) < 4.78 is 5.13. The number of hydrogen-bond donors (Lipinski definition) is 1. The maximum atomic E-state index is 12.2. The zero-order valence-corrected chi connectivity index (χ0v) is 16.1. The fraction of sp³-hybridized carbons (Fsp3) is 0.235. The summed E-state index contributed by atoms with van der Waals surface area (Å²) in [5.41, 5.74) is 1.41. The smallest absolute Gasteiger partial charge is 0.348 e. The number of carbonyl (C=O) groups excluding carboxylic acids is 1. The largest absolute Gasteiger partial charge is 0.462 e. The van der Waals surface area contributed by atoms with Gasteiger partial charge in [0.25, 0.3) is 0 Å². The Hall–Kier alpha value is -1.89. The molecule has 0 saturated heterocycles. The molecule has 0 bridgehead atoms. The lowest BCUT2D eigenvalue weighted by Crippen LogP contribution is -2.04. The molecule has 1 N–H and O–H groups in total. The van der Waals surface area contributed by atoms with Crippen LogP contribution < -0.4 is 5.32 Å². The second kappa shape index (κ2) is 7.15. The Kier molecular flexibility index (Phi) is 5.13. The van der Waals surface area contributed by atoms with Crippen molar-refractivity contribution >= 4 is 62.2 Å². The van der Waals surface area contributed by atoms with Crippen LogP contribution in [0.1, 0.15) is 28.0 Å². The molecule has 0 aliphatic carbocycles. The molecular weight excluding hydrogens is 381 g/mol. The molecule has 0 aliphatic rings. The number of nitrogens with one attached hydrogen (secondary N) is 1. The van der Waals surface area contributed by atoms with Crippen molar-refractivity contribution < 1.29 is 9.53 Å². The highest BCUT2D eigenvalue weighted by molar-refractivity contribution is 7.20. The number of aromatic nitrogens is 2. The quantitative estimate of drug-likeness (QED) is 0.587. The van der Waals surface area contributed by atoms with Crippen LogP contribution >= 0.6 is 34.5 Å². The number of aryl methyl sites for hydroxylation is 2. The van der Waals surface area contributed by atoms with Crippen molar-refractivity contribution in [1.82, 2.24) is 9.97 Å². The Morgan fingerprint density at radius 2 is 2.04 bits per heavy atom. The van der Waals surface area contributed by atoms with E-state index in [1.165, 1.54) is 11.3 Å². The minimum atomic E-state index is -0.354. The first-order valence-electron chi connectivity index (χ1n) is 7.58. The number of halogens is 2. The molecule has 0 radical (unpaired) electrons. The monoisotopic (exact) mass is 395 g/mol. The van der Waals surface area contributed by atoms with E-state index in [2.05, 4.69) is 15.3 Å². The Labute approximate surface area is 159 Å². The van der Waals surface area contributed by atoms with Crippen LogP contribution in [0.3, 0.4) is 0 Å². The van der Waals surface area contributed by atoms with E-state index >= 15 is 0 Å². The van der Waals surface area contributed by atoms with Crippen LogP contribution in [-0.2, 0) is 4.74 Å². The Morgan fingerprint density at radius 3 is 2.76 bits per heavy atom. The number of carbonyl (C=O) groups is 1.